The SMILES string of the molecule is CC(C)COC1C(C(=O)OCc2[nH]ccc2Cc2ccc(Cl)cc2)C1(C)C. The molecule has 1 aromatic heterocycles. The second kappa shape index (κ2) is 8.07. The lowest BCUT2D eigenvalue weighted by Gasteiger charge is -2.08. The highest BCUT2D eigenvalue weighted by Gasteiger charge is 2.64. The van der Waals surface area contributed by atoms with Crippen LogP contribution in [0.3, 0.4) is 0 Å². The van der Waals surface area contributed by atoms with Crippen LogP contribution >= 0.6 is 11.6 Å². The first kappa shape index (κ1) is 20.0. The number of esters is 1. The van der Waals surface area contributed by atoms with Crippen LogP contribution in [0.4, 0.5) is 0 Å². The van der Waals surface area contributed by atoms with E-state index in [1.54, 1.807) is 0 Å². The van der Waals surface area contributed by atoms with Crippen molar-refractivity contribution >= 4 is 17.6 Å². The van der Waals surface area contributed by atoms with Crippen molar-refractivity contribution in [2.75, 3.05) is 6.61 Å². The first-order chi connectivity index (χ1) is 12.8. The fourth-order valence-corrected chi connectivity index (χ4v) is 3.54. The molecular weight excluding hydrogens is 362 g/mol. The molecule has 0 aliphatic heterocycles. The van der Waals surface area contributed by atoms with Gasteiger partial charge in [-0.3, -0.25) is 4.79 Å². The zero-order valence-corrected chi connectivity index (χ0v) is 17.2. The molecule has 1 fully saturated rings. The van der Waals surface area contributed by atoms with Crippen LogP contribution in [-0.2, 0) is 27.3 Å². The second-order valence-corrected chi connectivity index (χ2v) is 8.78. The van der Waals surface area contributed by atoms with Gasteiger partial charge in [0.2, 0.25) is 0 Å². The zero-order chi connectivity index (χ0) is 19.6. The Morgan fingerprint density at radius 2 is 1.93 bits per heavy atom. The van der Waals surface area contributed by atoms with Crippen LogP contribution in [0, 0.1) is 17.3 Å². The van der Waals surface area contributed by atoms with Gasteiger partial charge in [-0.1, -0.05) is 51.4 Å². The Kier molecular flexibility index (Phi) is 5.97. The van der Waals surface area contributed by atoms with Gasteiger partial charge >= 0.3 is 5.97 Å². The molecule has 2 aromatic rings. The largest absolute Gasteiger partial charge is 0.459 e. The van der Waals surface area contributed by atoms with Crippen LogP contribution in [0.1, 0.15) is 44.5 Å². The number of H-pyrrole nitrogens is 1. The van der Waals surface area contributed by atoms with Crippen molar-refractivity contribution in [2.24, 2.45) is 17.3 Å². The van der Waals surface area contributed by atoms with Gasteiger partial charge in [-0.15, -0.1) is 0 Å². The van der Waals surface area contributed by atoms with Crippen LogP contribution in [0.25, 0.3) is 0 Å². The number of rotatable bonds is 8. The minimum Gasteiger partial charge on any atom is -0.459 e. The number of benzene rings is 1. The lowest BCUT2D eigenvalue weighted by Crippen LogP contribution is -2.13. The number of aromatic amines is 1. The molecule has 2 unspecified atom stereocenters. The fourth-order valence-electron chi connectivity index (χ4n) is 3.42. The summed E-state index contributed by atoms with van der Waals surface area (Å²) in [6.45, 7) is 9.25. The van der Waals surface area contributed by atoms with Crippen molar-refractivity contribution in [1.82, 2.24) is 4.98 Å². The van der Waals surface area contributed by atoms with E-state index in [-0.39, 0.29) is 30.0 Å². The van der Waals surface area contributed by atoms with Gasteiger partial charge < -0.3 is 14.5 Å². The topological polar surface area (TPSA) is 51.3 Å². The van der Waals surface area contributed by atoms with Crippen molar-refractivity contribution < 1.29 is 14.3 Å². The molecular formula is C22H28ClNO3. The van der Waals surface area contributed by atoms with E-state index in [4.69, 9.17) is 21.1 Å². The number of ether oxygens (including phenoxy) is 2. The average Bonchev–Trinajstić information content (AvgIpc) is 2.93. The van der Waals surface area contributed by atoms with E-state index in [0.29, 0.717) is 12.5 Å². The lowest BCUT2D eigenvalue weighted by molar-refractivity contribution is -0.148. The monoisotopic (exact) mass is 389 g/mol. The maximum atomic E-state index is 12.5. The molecule has 3 rings (SSSR count). The minimum atomic E-state index is -0.189. The van der Waals surface area contributed by atoms with E-state index in [9.17, 15) is 4.79 Å². The van der Waals surface area contributed by atoms with Crippen molar-refractivity contribution in [3.8, 4) is 0 Å². The molecule has 146 valence electrons. The highest BCUT2D eigenvalue weighted by Crippen LogP contribution is 2.54. The maximum absolute atomic E-state index is 12.5. The van der Waals surface area contributed by atoms with Gasteiger partial charge in [-0.05, 0) is 41.7 Å². The van der Waals surface area contributed by atoms with Gasteiger partial charge in [0.15, 0.2) is 0 Å². The number of nitrogens with one attached hydrogen (secondary N) is 1. The highest BCUT2D eigenvalue weighted by molar-refractivity contribution is 6.30. The van der Waals surface area contributed by atoms with Crippen LogP contribution in [0.2, 0.25) is 5.02 Å². The average molecular weight is 390 g/mol. The molecule has 1 N–H and O–H groups in total. The Morgan fingerprint density at radius 3 is 2.59 bits per heavy atom. The minimum absolute atomic E-state index is 0.0513. The third-order valence-corrected chi connectivity index (χ3v) is 5.44. The summed E-state index contributed by atoms with van der Waals surface area (Å²) >= 11 is 5.95. The summed E-state index contributed by atoms with van der Waals surface area (Å²) in [5.41, 5.74) is 3.05. The molecule has 4 nitrogen and oxygen atoms in total. The van der Waals surface area contributed by atoms with E-state index in [1.165, 1.54) is 0 Å². The Bertz CT molecular complexity index is 779. The smallest absolute Gasteiger partial charge is 0.312 e. The molecule has 1 heterocycles. The molecule has 0 amide bonds. The maximum Gasteiger partial charge on any atom is 0.312 e. The molecule has 27 heavy (non-hydrogen) atoms. The number of carbonyl (C=O) groups is 1. The third kappa shape index (κ3) is 4.74. The quantitative estimate of drug-likeness (QED) is 0.646. The van der Waals surface area contributed by atoms with Crippen LogP contribution < -0.4 is 0 Å². The summed E-state index contributed by atoms with van der Waals surface area (Å²) in [6.07, 6.45) is 2.59. The van der Waals surface area contributed by atoms with Crippen molar-refractivity contribution in [2.45, 2.75) is 46.8 Å². The fraction of sp³-hybridized carbons (Fsp3) is 0.500. The number of hydrogen-bond acceptors (Lipinski definition) is 3. The molecule has 1 saturated carbocycles. The third-order valence-electron chi connectivity index (χ3n) is 5.19. The van der Waals surface area contributed by atoms with E-state index in [2.05, 4.69) is 32.7 Å². The van der Waals surface area contributed by atoms with Crippen molar-refractivity contribution in [1.29, 1.82) is 0 Å². The molecule has 1 aliphatic carbocycles. The van der Waals surface area contributed by atoms with E-state index in [1.807, 2.05) is 36.5 Å². The summed E-state index contributed by atoms with van der Waals surface area (Å²) in [5, 5.41) is 0.725. The Balaban J connectivity index is 1.55. The number of aromatic nitrogens is 1. The normalized spacial score (nSPS) is 20.7. The summed E-state index contributed by atoms with van der Waals surface area (Å²) in [6, 6.07) is 9.81. The predicted molar refractivity (Wildman–Crippen MR) is 107 cm³/mol. The molecule has 1 aliphatic rings. The van der Waals surface area contributed by atoms with E-state index < -0.39 is 0 Å². The summed E-state index contributed by atoms with van der Waals surface area (Å²) in [4.78, 5) is 15.7. The van der Waals surface area contributed by atoms with Gasteiger partial charge in [0.25, 0.3) is 0 Å². The number of hydrogen-bond donors (Lipinski definition) is 1. The molecule has 0 saturated heterocycles. The summed E-state index contributed by atoms with van der Waals surface area (Å²) in [5.74, 6) is 0.0825. The first-order valence-corrected chi connectivity index (χ1v) is 9.84. The molecule has 0 bridgehead atoms. The first-order valence-electron chi connectivity index (χ1n) is 9.47. The molecule has 0 radical (unpaired) electrons. The summed E-state index contributed by atoms with van der Waals surface area (Å²) < 4.78 is 11.5. The van der Waals surface area contributed by atoms with Gasteiger partial charge in [-0.2, -0.15) is 0 Å². The van der Waals surface area contributed by atoms with E-state index in [0.717, 1.165) is 28.3 Å². The van der Waals surface area contributed by atoms with Crippen molar-refractivity contribution in [3.05, 3.63) is 58.4 Å². The lowest BCUT2D eigenvalue weighted by atomic mass is 10.1. The van der Waals surface area contributed by atoms with Crippen LogP contribution in [-0.4, -0.2) is 23.7 Å². The Labute approximate surface area is 166 Å². The molecule has 1 aromatic carbocycles. The Hall–Kier alpha value is -1.78. The zero-order valence-electron chi connectivity index (χ0n) is 16.4. The number of carbonyl (C=O) groups excluding carboxylic acids is 1. The molecule has 0 spiro atoms. The highest BCUT2D eigenvalue weighted by atomic mass is 35.5. The van der Waals surface area contributed by atoms with Crippen LogP contribution in [0.5, 0.6) is 0 Å². The van der Waals surface area contributed by atoms with Crippen molar-refractivity contribution in [3.63, 3.8) is 0 Å². The van der Waals surface area contributed by atoms with Crippen LogP contribution in [0.15, 0.2) is 36.5 Å². The van der Waals surface area contributed by atoms with Gasteiger partial charge in [0, 0.05) is 23.2 Å². The Morgan fingerprint density at radius 1 is 1.22 bits per heavy atom. The standard InChI is InChI=1S/C22H28ClNO3/c1-14(2)12-26-20-19(22(20,3)4)21(25)27-13-18-16(9-10-24-18)11-15-5-7-17(23)8-6-15/h5-10,14,19-20,24H,11-13H2,1-4H3. The summed E-state index contributed by atoms with van der Waals surface area (Å²) in [7, 11) is 0. The number of halogens is 1. The van der Waals surface area contributed by atoms with Gasteiger partial charge in [0.1, 0.15) is 6.61 Å². The molecule has 5 heteroatoms. The van der Waals surface area contributed by atoms with Gasteiger partial charge in [0.05, 0.1) is 17.7 Å². The van der Waals surface area contributed by atoms with E-state index >= 15 is 0 Å². The molecule has 2 atom stereocenters. The predicted octanol–water partition coefficient (Wildman–Crippen LogP) is 5.00. The second-order valence-electron chi connectivity index (χ2n) is 8.34. The van der Waals surface area contributed by atoms with Gasteiger partial charge in [-0.25, -0.2) is 0 Å².